The average molecular weight is 413 g/mol. The molecule has 1 aromatic carbocycles. The molecular formula is C20H23N5O5. The lowest BCUT2D eigenvalue weighted by molar-refractivity contribution is -0.141. The fourth-order valence-electron chi connectivity index (χ4n) is 4.14. The Morgan fingerprint density at radius 1 is 1.07 bits per heavy atom. The first-order valence-corrected chi connectivity index (χ1v) is 9.88. The fraction of sp³-hybridized carbons (Fsp3) is 0.450. The average Bonchev–Trinajstić information content (AvgIpc) is 3.53. The Kier molecular flexibility index (Phi) is 4.52. The lowest BCUT2D eigenvalue weighted by Crippen LogP contribution is -2.52. The molecule has 0 spiro atoms. The van der Waals surface area contributed by atoms with Crippen LogP contribution in [0.4, 0.5) is 9.59 Å². The smallest absolute Gasteiger partial charge is 0.323 e. The van der Waals surface area contributed by atoms with E-state index in [0.29, 0.717) is 10.6 Å². The van der Waals surface area contributed by atoms with Crippen LogP contribution in [0.15, 0.2) is 30.3 Å². The van der Waals surface area contributed by atoms with Gasteiger partial charge in [-0.2, -0.15) is 5.01 Å². The van der Waals surface area contributed by atoms with Gasteiger partial charge >= 0.3 is 12.1 Å². The molecule has 2 aliphatic heterocycles. The van der Waals surface area contributed by atoms with Crippen molar-refractivity contribution in [3.63, 3.8) is 0 Å². The number of hydrogen-bond donors (Lipinski definition) is 3. The third-order valence-electron chi connectivity index (χ3n) is 6.12. The zero-order valence-electron chi connectivity index (χ0n) is 16.7. The van der Waals surface area contributed by atoms with E-state index in [9.17, 15) is 24.0 Å². The number of hydrazine groups is 1. The van der Waals surface area contributed by atoms with Crippen molar-refractivity contribution in [1.29, 1.82) is 0 Å². The van der Waals surface area contributed by atoms with Crippen LogP contribution in [0.25, 0.3) is 0 Å². The highest BCUT2D eigenvalue weighted by molar-refractivity contribution is 6.11. The molecule has 7 amide bonds. The molecule has 10 nitrogen and oxygen atoms in total. The van der Waals surface area contributed by atoms with Crippen LogP contribution in [0.5, 0.6) is 0 Å². The molecule has 1 saturated carbocycles. The number of benzene rings is 1. The van der Waals surface area contributed by atoms with Crippen LogP contribution in [-0.4, -0.2) is 51.8 Å². The summed E-state index contributed by atoms with van der Waals surface area (Å²) in [6, 6.07) is 7.30. The predicted octanol–water partition coefficient (Wildman–Crippen LogP) is 0.595. The molecule has 0 aromatic heterocycles. The summed E-state index contributed by atoms with van der Waals surface area (Å²) in [5.41, 5.74) is 0.525. The van der Waals surface area contributed by atoms with Gasteiger partial charge in [0, 0.05) is 0 Å². The molecule has 4 rings (SSSR count). The van der Waals surface area contributed by atoms with Crippen molar-refractivity contribution in [2.75, 3.05) is 6.54 Å². The second-order valence-electron chi connectivity index (χ2n) is 8.03. The van der Waals surface area contributed by atoms with E-state index in [1.807, 2.05) is 0 Å². The number of rotatable bonds is 6. The Labute approximate surface area is 172 Å². The third kappa shape index (κ3) is 2.90. The highest BCUT2D eigenvalue weighted by Gasteiger charge is 2.57. The summed E-state index contributed by atoms with van der Waals surface area (Å²) >= 11 is 0. The molecule has 1 aromatic rings. The van der Waals surface area contributed by atoms with Crippen molar-refractivity contribution in [3.05, 3.63) is 35.9 Å². The second-order valence-corrected chi connectivity index (χ2v) is 8.03. The van der Waals surface area contributed by atoms with Crippen molar-refractivity contribution < 1.29 is 24.0 Å². The second kappa shape index (κ2) is 6.82. The maximum atomic E-state index is 13.0. The van der Waals surface area contributed by atoms with Gasteiger partial charge in [-0.15, -0.1) is 0 Å². The van der Waals surface area contributed by atoms with Gasteiger partial charge in [0.05, 0.1) is 0 Å². The van der Waals surface area contributed by atoms with Crippen LogP contribution >= 0.6 is 0 Å². The van der Waals surface area contributed by atoms with Gasteiger partial charge in [-0.3, -0.25) is 24.7 Å². The molecule has 1 aliphatic carbocycles. The van der Waals surface area contributed by atoms with Crippen molar-refractivity contribution >= 4 is 29.8 Å². The molecule has 30 heavy (non-hydrogen) atoms. The monoisotopic (exact) mass is 413 g/mol. The first-order chi connectivity index (χ1) is 14.2. The van der Waals surface area contributed by atoms with Gasteiger partial charge < -0.3 is 10.6 Å². The van der Waals surface area contributed by atoms with Gasteiger partial charge in [0.25, 0.3) is 17.7 Å². The maximum absolute atomic E-state index is 13.0. The van der Waals surface area contributed by atoms with Crippen molar-refractivity contribution in [2.45, 2.75) is 44.2 Å². The van der Waals surface area contributed by atoms with Gasteiger partial charge in [-0.1, -0.05) is 37.3 Å². The summed E-state index contributed by atoms with van der Waals surface area (Å²) in [6.45, 7) is 2.81. The highest BCUT2D eigenvalue weighted by atomic mass is 16.2. The first kappa shape index (κ1) is 19.9. The Morgan fingerprint density at radius 2 is 1.73 bits per heavy atom. The van der Waals surface area contributed by atoms with E-state index in [1.165, 1.54) is 0 Å². The zero-order chi connectivity index (χ0) is 21.7. The Bertz CT molecular complexity index is 946. The van der Waals surface area contributed by atoms with E-state index in [1.54, 1.807) is 44.2 Å². The van der Waals surface area contributed by atoms with Gasteiger partial charge in [0.2, 0.25) is 0 Å². The zero-order valence-corrected chi connectivity index (χ0v) is 16.7. The fourth-order valence-corrected chi connectivity index (χ4v) is 4.14. The quantitative estimate of drug-likeness (QED) is 0.588. The molecular weight excluding hydrogens is 390 g/mol. The SMILES string of the molecule is CC[C@@]1(c2ccccc2)NC(=O)N(NC(=O)CN2C(=O)N[C@](C)(C3CC3)C2=O)C1=O. The molecule has 2 atom stereocenters. The highest BCUT2D eigenvalue weighted by Crippen LogP contribution is 2.42. The molecule has 2 heterocycles. The van der Waals surface area contributed by atoms with Crippen LogP contribution in [0, 0.1) is 5.92 Å². The van der Waals surface area contributed by atoms with Crippen molar-refractivity contribution in [2.24, 2.45) is 5.92 Å². The number of urea groups is 2. The first-order valence-electron chi connectivity index (χ1n) is 9.88. The minimum atomic E-state index is -1.29. The molecule has 158 valence electrons. The van der Waals surface area contributed by atoms with E-state index < -0.39 is 47.4 Å². The largest absolute Gasteiger partial charge is 0.344 e. The normalized spacial score (nSPS) is 28.6. The van der Waals surface area contributed by atoms with Gasteiger partial charge in [-0.05, 0) is 37.7 Å². The standard InChI is InChI=1S/C20H23N5O5/c1-3-20(13-7-5-4-6-8-13)16(28)25(18(30)22-20)23-14(26)11-24-15(27)19(2,12-9-10-12)21-17(24)29/h4-8,12H,3,9-11H2,1-2H3,(H,21,29)(H,22,30)(H,23,26)/t19-,20+/m1/s1. The van der Waals surface area contributed by atoms with Crippen LogP contribution in [0.2, 0.25) is 0 Å². The summed E-state index contributed by atoms with van der Waals surface area (Å²) in [7, 11) is 0. The van der Waals surface area contributed by atoms with E-state index in [-0.39, 0.29) is 12.3 Å². The lowest BCUT2D eigenvalue weighted by atomic mass is 9.87. The summed E-state index contributed by atoms with van der Waals surface area (Å²) in [5, 5.41) is 5.91. The number of carbonyl (C=O) groups excluding carboxylic acids is 5. The van der Waals surface area contributed by atoms with E-state index in [0.717, 1.165) is 17.7 Å². The summed E-state index contributed by atoms with van der Waals surface area (Å²) in [6.07, 6.45) is 1.95. The lowest BCUT2D eigenvalue weighted by Gasteiger charge is -2.25. The van der Waals surface area contributed by atoms with Gasteiger partial charge in [0.15, 0.2) is 0 Å². The maximum Gasteiger partial charge on any atom is 0.344 e. The Morgan fingerprint density at radius 3 is 2.33 bits per heavy atom. The molecule has 2 saturated heterocycles. The molecule has 10 heteroatoms. The van der Waals surface area contributed by atoms with Crippen molar-refractivity contribution in [3.8, 4) is 0 Å². The minimum absolute atomic E-state index is 0.0593. The van der Waals surface area contributed by atoms with E-state index in [4.69, 9.17) is 0 Å². The van der Waals surface area contributed by atoms with Crippen molar-refractivity contribution in [1.82, 2.24) is 26.0 Å². The molecule has 3 N–H and O–H groups in total. The van der Waals surface area contributed by atoms with Crippen LogP contribution in [0.1, 0.15) is 38.7 Å². The van der Waals surface area contributed by atoms with Gasteiger partial charge in [0.1, 0.15) is 17.6 Å². The molecule has 0 unspecified atom stereocenters. The van der Waals surface area contributed by atoms with E-state index in [2.05, 4.69) is 16.1 Å². The summed E-state index contributed by atoms with van der Waals surface area (Å²) in [4.78, 5) is 63.7. The molecule has 0 radical (unpaired) electrons. The number of nitrogens with zero attached hydrogens (tertiary/aromatic N) is 2. The Hall–Kier alpha value is -3.43. The third-order valence-corrected chi connectivity index (χ3v) is 6.12. The summed E-state index contributed by atoms with van der Waals surface area (Å²) in [5.74, 6) is -1.87. The number of imide groups is 2. The van der Waals surface area contributed by atoms with Crippen LogP contribution in [-0.2, 0) is 19.9 Å². The molecule has 3 fully saturated rings. The topological polar surface area (TPSA) is 128 Å². The Balaban J connectivity index is 1.47. The molecule has 3 aliphatic rings. The van der Waals surface area contributed by atoms with E-state index >= 15 is 0 Å². The predicted molar refractivity (Wildman–Crippen MR) is 103 cm³/mol. The van der Waals surface area contributed by atoms with Gasteiger partial charge in [-0.25, -0.2) is 9.59 Å². The molecule has 0 bridgehead atoms. The number of amides is 7. The van der Waals surface area contributed by atoms with Crippen LogP contribution in [0.3, 0.4) is 0 Å². The summed E-state index contributed by atoms with van der Waals surface area (Å²) < 4.78 is 0. The number of carbonyl (C=O) groups is 5. The van der Waals surface area contributed by atoms with Crippen LogP contribution < -0.4 is 16.1 Å². The number of nitrogens with one attached hydrogen (secondary N) is 3. The minimum Gasteiger partial charge on any atom is -0.323 e. The number of hydrogen-bond acceptors (Lipinski definition) is 5.